The summed E-state index contributed by atoms with van der Waals surface area (Å²) in [6.45, 7) is 2.02. The number of carbonyl (C=O) groups excluding carboxylic acids is 2. The number of carbonyl (C=O) groups is 2. The summed E-state index contributed by atoms with van der Waals surface area (Å²) < 4.78 is 27.5. The van der Waals surface area contributed by atoms with Crippen LogP contribution in [-0.2, 0) is 23.8 Å². The second-order valence-corrected chi connectivity index (χ2v) is 3.39. The van der Waals surface area contributed by atoms with Crippen molar-refractivity contribution in [2.45, 2.75) is 38.5 Å². The van der Waals surface area contributed by atoms with Crippen molar-refractivity contribution in [3.05, 3.63) is 0 Å². The average molecular weight is 236 g/mol. The largest absolute Gasteiger partial charge is 0.456 e. The summed E-state index contributed by atoms with van der Waals surface area (Å²) in [6.07, 6.45) is -6.01. The third kappa shape index (κ3) is 3.14. The van der Waals surface area contributed by atoms with Crippen LogP contribution >= 0.6 is 0 Å². The Kier molecular flexibility index (Phi) is 4.19. The number of alkyl halides is 1. The van der Waals surface area contributed by atoms with Crippen molar-refractivity contribution in [1.82, 2.24) is 0 Å². The van der Waals surface area contributed by atoms with Crippen molar-refractivity contribution in [3.63, 3.8) is 0 Å². The summed E-state index contributed by atoms with van der Waals surface area (Å²) in [5.41, 5.74) is 0. The van der Waals surface area contributed by atoms with Crippen molar-refractivity contribution in [1.29, 1.82) is 0 Å². The van der Waals surface area contributed by atoms with Crippen LogP contribution in [0.25, 0.3) is 0 Å². The first-order chi connectivity index (χ1) is 7.41. The number of halogens is 1. The lowest BCUT2D eigenvalue weighted by Crippen LogP contribution is -2.54. The normalized spacial score (nSPS) is 34.2. The maximum absolute atomic E-state index is 13.5. The van der Waals surface area contributed by atoms with Gasteiger partial charge in [0.05, 0.1) is 6.61 Å². The van der Waals surface area contributed by atoms with E-state index in [1.165, 1.54) is 0 Å². The topological polar surface area (TPSA) is 82.1 Å². The Bertz CT molecular complexity index is 281. The lowest BCUT2D eigenvalue weighted by Gasteiger charge is -2.35. The lowest BCUT2D eigenvalue weighted by atomic mass is 10.1. The van der Waals surface area contributed by atoms with Gasteiger partial charge in [-0.25, -0.2) is 4.39 Å². The van der Waals surface area contributed by atoms with E-state index < -0.39 is 36.6 Å². The molecule has 0 aromatic carbocycles. The number of hydrogen-bond acceptors (Lipinski definition) is 6. The molecular formula is C9H13FO6. The smallest absolute Gasteiger partial charge is 0.303 e. The van der Waals surface area contributed by atoms with Gasteiger partial charge < -0.3 is 19.3 Å². The van der Waals surface area contributed by atoms with Gasteiger partial charge in [0, 0.05) is 13.8 Å². The summed E-state index contributed by atoms with van der Waals surface area (Å²) in [6, 6.07) is 0. The van der Waals surface area contributed by atoms with Crippen LogP contribution in [0.2, 0.25) is 0 Å². The molecule has 1 N–H and O–H groups in total. The molecule has 1 heterocycles. The van der Waals surface area contributed by atoms with Crippen LogP contribution in [0.4, 0.5) is 4.39 Å². The van der Waals surface area contributed by atoms with Crippen molar-refractivity contribution in [2.75, 3.05) is 6.61 Å². The molecule has 6 nitrogen and oxygen atoms in total. The quantitative estimate of drug-likeness (QED) is 0.653. The van der Waals surface area contributed by atoms with Crippen molar-refractivity contribution >= 4 is 11.9 Å². The van der Waals surface area contributed by atoms with Gasteiger partial charge in [-0.05, 0) is 0 Å². The first kappa shape index (κ1) is 12.9. The van der Waals surface area contributed by atoms with E-state index in [2.05, 4.69) is 9.47 Å². The molecule has 0 aromatic heterocycles. The molecule has 16 heavy (non-hydrogen) atoms. The van der Waals surface area contributed by atoms with Gasteiger partial charge in [-0.2, -0.15) is 0 Å². The SMILES string of the molecule is CC(=O)O[C@H]1COC(O)C(F)[C@H]1OC(C)=O. The second-order valence-electron chi connectivity index (χ2n) is 3.39. The van der Waals surface area contributed by atoms with E-state index in [1.54, 1.807) is 0 Å². The van der Waals surface area contributed by atoms with E-state index in [9.17, 15) is 14.0 Å². The van der Waals surface area contributed by atoms with Gasteiger partial charge in [-0.3, -0.25) is 9.59 Å². The monoisotopic (exact) mass is 236 g/mol. The van der Waals surface area contributed by atoms with Gasteiger partial charge in [0.25, 0.3) is 0 Å². The molecule has 0 spiro atoms. The summed E-state index contributed by atoms with van der Waals surface area (Å²) in [7, 11) is 0. The molecular weight excluding hydrogens is 223 g/mol. The molecule has 0 amide bonds. The molecule has 0 aromatic rings. The molecule has 4 atom stereocenters. The zero-order valence-electron chi connectivity index (χ0n) is 8.88. The first-order valence-electron chi connectivity index (χ1n) is 4.70. The third-order valence-electron chi connectivity index (χ3n) is 2.00. The van der Waals surface area contributed by atoms with E-state index >= 15 is 0 Å². The maximum atomic E-state index is 13.5. The highest BCUT2D eigenvalue weighted by Crippen LogP contribution is 2.22. The standard InChI is InChI=1S/C9H13FO6/c1-4(11)15-6-3-14-9(13)7(10)8(6)16-5(2)12/h6-9,13H,3H2,1-2H3/t6-,7?,8-,9?/m0/s1. The zero-order chi connectivity index (χ0) is 12.3. The average Bonchev–Trinajstić information content (AvgIpc) is 2.16. The Balaban J connectivity index is 2.72. The fourth-order valence-corrected chi connectivity index (χ4v) is 1.39. The number of aliphatic hydroxyl groups is 1. The fourth-order valence-electron chi connectivity index (χ4n) is 1.39. The van der Waals surface area contributed by atoms with Crippen molar-refractivity contribution in [3.8, 4) is 0 Å². The second kappa shape index (κ2) is 5.22. The predicted octanol–water partition coefficient (Wildman–Crippen LogP) is -0.464. The Morgan fingerprint density at radius 2 is 1.88 bits per heavy atom. The van der Waals surface area contributed by atoms with Crippen LogP contribution in [0.3, 0.4) is 0 Å². The van der Waals surface area contributed by atoms with Crippen LogP contribution < -0.4 is 0 Å². The van der Waals surface area contributed by atoms with E-state index in [1.807, 2.05) is 0 Å². The van der Waals surface area contributed by atoms with Gasteiger partial charge in [-0.1, -0.05) is 0 Å². The van der Waals surface area contributed by atoms with Crippen LogP contribution in [0, 0.1) is 0 Å². The molecule has 1 fully saturated rings. The molecule has 7 heteroatoms. The molecule has 0 bridgehead atoms. The minimum atomic E-state index is -1.94. The van der Waals surface area contributed by atoms with E-state index in [4.69, 9.17) is 9.84 Å². The number of aliphatic hydroxyl groups excluding tert-OH is 1. The predicted molar refractivity (Wildman–Crippen MR) is 48.0 cm³/mol. The number of ether oxygens (including phenoxy) is 3. The van der Waals surface area contributed by atoms with E-state index in [0.29, 0.717) is 0 Å². The number of hydrogen-bond donors (Lipinski definition) is 1. The summed E-state index contributed by atoms with van der Waals surface area (Å²) >= 11 is 0. The molecule has 1 aliphatic heterocycles. The number of esters is 2. The molecule has 1 aliphatic rings. The minimum absolute atomic E-state index is 0.223. The first-order valence-corrected chi connectivity index (χ1v) is 4.70. The van der Waals surface area contributed by atoms with Gasteiger partial charge in [0.2, 0.25) is 0 Å². The van der Waals surface area contributed by atoms with Gasteiger partial charge >= 0.3 is 11.9 Å². The maximum Gasteiger partial charge on any atom is 0.303 e. The third-order valence-corrected chi connectivity index (χ3v) is 2.00. The lowest BCUT2D eigenvalue weighted by molar-refractivity contribution is -0.246. The zero-order valence-corrected chi connectivity index (χ0v) is 8.88. The molecule has 92 valence electrons. The van der Waals surface area contributed by atoms with Crippen molar-refractivity contribution < 1.29 is 33.3 Å². The van der Waals surface area contributed by atoms with Crippen LogP contribution in [0.1, 0.15) is 13.8 Å². The summed E-state index contributed by atoms with van der Waals surface area (Å²) in [5, 5.41) is 9.08. The molecule has 0 saturated carbocycles. The minimum Gasteiger partial charge on any atom is -0.456 e. The molecule has 1 rings (SSSR count). The summed E-state index contributed by atoms with van der Waals surface area (Å²) in [4.78, 5) is 21.5. The Morgan fingerprint density at radius 3 is 2.38 bits per heavy atom. The highest BCUT2D eigenvalue weighted by atomic mass is 19.1. The molecule has 0 aliphatic carbocycles. The van der Waals surface area contributed by atoms with Crippen LogP contribution in [0.15, 0.2) is 0 Å². The van der Waals surface area contributed by atoms with Crippen molar-refractivity contribution in [2.24, 2.45) is 0 Å². The van der Waals surface area contributed by atoms with Crippen LogP contribution in [0.5, 0.6) is 0 Å². The number of rotatable bonds is 2. The highest BCUT2D eigenvalue weighted by molar-refractivity contribution is 5.67. The fraction of sp³-hybridized carbons (Fsp3) is 0.778. The van der Waals surface area contributed by atoms with E-state index in [-0.39, 0.29) is 6.61 Å². The van der Waals surface area contributed by atoms with Crippen LogP contribution in [-0.4, -0.2) is 48.3 Å². The highest BCUT2D eigenvalue weighted by Gasteiger charge is 2.44. The molecule has 0 radical (unpaired) electrons. The molecule has 2 unspecified atom stereocenters. The van der Waals surface area contributed by atoms with Gasteiger partial charge in [0.15, 0.2) is 24.7 Å². The van der Waals surface area contributed by atoms with Gasteiger partial charge in [-0.15, -0.1) is 0 Å². The Labute approximate surface area is 91.3 Å². The Morgan fingerprint density at radius 1 is 1.31 bits per heavy atom. The summed E-state index contributed by atoms with van der Waals surface area (Å²) in [5.74, 6) is -1.37. The van der Waals surface area contributed by atoms with E-state index in [0.717, 1.165) is 13.8 Å². The van der Waals surface area contributed by atoms with Gasteiger partial charge in [0.1, 0.15) is 0 Å². The molecule has 1 saturated heterocycles. The Hall–Kier alpha value is -1.21.